The van der Waals surface area contributed by atoms with Crippen molar-refractivity contribution in [1.29, 1.82) is 0 Å². The molecule has 0 heterocycles. The number of rotatable bonds is 6. The molecule has 0 aliphatic heterocycles. The van der Waals surface area contributed by atoms with E-state index in [0.29, 0.717) is 18.9 Å². The Morgan fingerprint density at radius 1 is 1.38 bits per heavy atom. The Morgan fingerprint density at radius 2 is 2.08 bits per heavy atom. The SMILES string of the molecule is CC/C=C\CC(=O)OCCC(C)C. The molecule has 0 amide bonds. The number of esters is 1. The minimum Gasteiger partial charge on any atom is -0.465 e. The Hall–Kier alpha value is -0.790. The van der Waals surface area contributed by atoms with Crippen LogP contribution in [0, 0.1) is 5.92 Å². The van der Waals surface area contributed by atoms with E-state index < -0.39 is 0 Å². The Bertz CT molecular complexity index is 159. The lowest BCUT2D eigenvalue weighted by Gasteiger charge is -2.04. The predicted molar refractivity (Wildman–Crippen MR) is 54.5 cm³/mol. The molecule has 0 aromatic heterocycles. The average molecular weight is 184 g/mol. The first-order chi connectivity index (χ1) is 6.16. The molecule has 0 saturated heterocycles. The first-order valence-electron chi connectivity index (χ1n) is 4.97. The van der Waals surface area contributed by atoms with Crippen LogP contribution >= 0.6 is 0 Å². The van der Waals surface area contributed by atoms with E-state index in [1.54, 1.807) is 0 Å². The molecular formula is C11H20O2. The average Bonchev–Trinajstić information content (AvgIpc) is 2.04. The zero-order valence-corrected chi connectivity index (χ0v) is 8.88. The Balaban J connectivity index is 3.35. The lowest BCUT2D eigenvalue weighted by molar-refractivity contribution is -0.142. The van der Waals surface area contributed by atoms with Gasteiger partial charge in [0.25, 0.3) is 0 Å². The zero-order chi connectivity index (χ0) is 10.1. The lowest BCUT2D eigenvalue weighted by atomic mass is 10.1. The van der Waals surface area contributed by atoms with Crippen LogP contribution in [0.1, 0.15) is 40.0 Å². The van der Waals surface area contributed by atoms with Gasteiger partial charge in [0, 0.05) is 0 Å². The summed E-state index contributed by atoms with van der Waals surface area (Å²) < 4.78 is 5.01. The van der Waals surface area contributed by atoms with Gasteiger partial charge in [-0.1, -0.05) is 32.9 Å². The van der Waals surface area contributed by atoms with Crippen LogP contribution < -0.4 is 0 Å². The van der Waals surface area contributed by atoms with Crippen molar-refractivity contribution in [2.45, 2.75) is 40.0 Å². The van der Waals surface area contributed by atoms with Crippen LogP contribution in [0.25, 0.3) is 0 Å². The van der Waals surface area contributed by atoms with Gasteiger partial charge in [-0.15, -0.1) is 0 Å². The van der Waals surface area contributed by atoms with Crippen molar-refractivity contribution in [3.63, 3.8) is 0 Å². The van der Waals surface area contributed by atoms with Crippen molar-refractivity contribution >= 4 is 5.97 Å². The number of carbonyl (C=O) groups is 1. The molecule has 0 atom stereocenters. The molecule has 0 aromatic rings. The van der Waals surface area contributed by atoms with Crippen LogP contribution in [0.3, 0.4) is 0 Å². The molecule has 0 aromatic carbocycles. The highest BCUT2D eigenvalue weighted by Crippen LogP contribution is 2.00. The van der Waals surface area contributed by atoms with Crippen molar-refractivity contribution in [2.24, 2.45) is 5.92 Å². The van der Waals surface area contributed by atoms with Gasteiger partial charge >= 0.3 is 5.97 Å². The van der Waals surface area contributed by atoms with Crippen LogP contribution in [0.15, 0.2) is 12.2 Å². The van der Waals surface area contributed by atoms with Crippen LogP contribution in [0.2, 0.25) is 0 Å². The van der Waals surface area contributed by atoms with E-state index in [-0.39, 0.29) is 5.97 Å². The Labute approximate surface area is 81.0 Å². The molecule has 76 valence electrons. The minimum absolute atomic E-state index is 0.120. The van der Waals surface area contributed by atoms with E-state index in [9.17, 15) is 4.79 Å². The van der Waals surface area contributed by atoms with Crippen LogP contribution in [0.5, 0.6) is 0 Å². The maximum absolute atomic E-state index is 11.0. The van der Waals surface area contributed by atoms with Gasteiger partial charge in [-0.3, -0.25) is 4.79 Å². The molecule has 0 spiro atoms. The summed E-state index contributed by atoms with van der Waals surface area (Å²) in [6.45, 7) is 6.83. The molecule has 0 fully saturated rings. The molecule has 0 aliphatic carbocycles. The molecule has 0 bridgehead atoms. The third-order valence-electron chi connectivity index (χ3n) is 1.65. The van der Waals surface area contributed by atoms with Crippen molar-refractivity contribution in [1.82, 2.24) is 0 Å². The molecule has 0 radical (unpaired) electrons. The highest BCUT2D eigenvalue weighted by Gasteiger charge is 2.00. The van der Waals surface area contributed by atoms with Crippen molar-refractivity contribution in [3.05, 3.63) is 12.2 Å². The first-order valence-corrected chi connectivity index (χ1v) is 4.97. The number of ether oxygens (including phenoxy) is 1. The van der Waals surface area contributed by atoms with Gasteiger partial charge in [0.15, 0.2) is 0 Å². The van der Waals surface area contributed by atoms with Gasteiger partial charge in [0.05, 0.1) is 13.0 Å². The molecule has 0 unspecified atom stereocenters. The molecular weight excluding hydrogens is 164 g/mol. The van der Waals surface area contributed by atoms with Crippen molar-refractivity contribution < 1.29 is 9.53 Å². The summed E-state index contributed by atoms with van der Waals surface area (Å²) in [5, 5.41) is 0. The Kier molecular flexibility index (Phi) is 7.36. The molecule has 0 N–H and O–H groups in total. The summed E-state index contributed by atoms with van der Waals surface area (Å²) in [7, 11) is 0. The second kappa shape index (κ2) is 7.84. The van der Waals surface area contributed by atoms with Crippen molar-refractivity contribution in [2.75, 3.05) is 6.61 Å². The molecule has 2 heteroatoms. The van der Waals surface area contributed by atoms with Gasteiger partial charge in [-0.2, -0.15) is 0 Å². The number of carbonyl (C=O) groups excluding carboxylic acids is 1. The van der Waals surface area contributed by atoms with Gasteiger partial charge < -0.3 is 4.74 Å². The fourth-order valence-corrected chi connectivity index (χ4v) is 0.814. The second-order valence-electron chi connectivity index (χ2n) is 3.49. The second-order valence-corrected chi connectivity index (χ2v) is 3.49. The fraction of sp³-hybridized carbons (Fsp3) is 0.727. The van der Waals surface area contributed by atoms with Gasteiger partial charge in [-0.25, -0.2) is 0 Å². The number of hydrogen-bond acceptors (Lipinski definition) is 2. The molecule has 0 saturated carbocycles. The van der Waals surface area contributed by atoms with Gasteiger partial charge in [0.1, 0.15) is 0 Å². The summed E-state index contributed by atoms with van der Waals surface area (Å²) in [6.07, 6.45) is 6.16. The highest BCUT2D eigenvalue weighted by molar-refractivity contribution is 5.71. The van der Waals surface area contributed by atoms with Crippen LogP contribution in [-0.2, 0) is 9.53 Å². The van der Waals surface area contributed by atoms with E-state index in [1.807, 2.05) is 19.1 Å². The highest BCUT2D eigenvalue weighted by atomic mass is 16.5. The smallest absolute Gasteiger partial charge is 0.309 e. The van der Waals surface area contributed by atoms with E-state index >= 15 is 0 Å². The maximum Gasteiger partial charge on any atom is 0.309 e. The lowest BCUT2D eigenvalue weighted by Crippen LogP contribution is -2.06. The number of hydrogen-bond donors (Lipinski definition) is 0. The topological polar surface area (TPSA) is 26.3 Å². The largest absolute Gasteiger partial charge is 0.465 e. The standard InChI is InChI=1S/C11H20O2/c1-4-5-6-7-11(12)13-9-8-10(2)3/h5-6,10H,4,7-9H2,1-3H3/b6-5-. The Morgan fingerprint density at radius 3 is 2.62 bits per heavy atom. The summed E-state index contributed by atoms with van der Waals surface area (Å²) in [6, 6.07) is 0. The quantitative estimate of drug-likeness (QED) is 0.468. The van der Waals surface area contributed by atoms with E-state index in [1.165, 1.54) is 0 Å². The van der Waals surface area contributed by atoms with Gasteiger partial charge in [0.2, 0.25) is 0 Å². The molecule has 13 heavy (non-hydrogen) atoms. The van der Waals surface area contributed by atoms with Gasteiger partial charge in [-0.05, 0) is 18.8 Å². The van der Waals surface area contributed by atoms with E-state index in [4.69, 9.17) is 4.74 Å². The summed E-state index contributed by atoms with van der Waals surface area (Å²) in [4.78, 5) is 11.0. The number of allylic oxidation sites excluding steroid dienone is 1. The van der Waals surface area contributed by atoms with Crippen molar-refractivity contribution in [3.8, 4) is 0 Å². The fourth-order valence-electron chi connectivity index (χ4n) is 0.814. The molecule has 2 nitrogen and oxygen atoms in total. The molecule has 0 rings (SSSR count). The van der Waals surface area contributed by atoms with Crippen LogP contribution in [0.4, 0.5) is 0 Å². The first kappa shape index (κ1) is 12.2. The predicted octanol–water partition coefficient (Wildman–Crippen LogP) is 2.93. The third kappa shape index (κ3) is 9.12. The summed E-state index contributed by atoms with van der Waals surface area (Å²) in [5.74, 6) is 0.476. The van der Waals surface area contributed by atoms with E-state index in [2.05, 4.69) is 13.8 Å². The zero-order valence-electron chi connectivity index (χ0n) is 8.88. The minimum atomic E-state index is -0.120. The normalized spacial score (nSPS) is 11.1. The third-order valence-corrected chi connectivity index (χ3v) is 1.65. The van der Waals surface area contributed by atoms with E-state index in [0.717, 1.165) is 12.8 Å². The van der Waals surface area contributed by atoms with Crippen LogP contribution in [-0.4, -0.2) is 12.6 Å². The maximum atomic E-state index is 11.0. The summed E-state index contributed by atoms with van der Waals surface area (Å²) in [5.41, 5.74) is 0. The molecule has 0 aliphatic rings. The summed E-state index contributed by atoms with van der Waals surface area (Å²) >= 11 is 0. The monoisotopic (exact) mass is 184 g/mol.